The van der Waals surface area contributed by atoms with E-state index in [0.29, 0.717) is 46.4 Å². The maximum Gasteiger partial charge on any atom is 0.311 e. The minimum atomic E-state index is -1.08. The quantitative estimate of drug-likeness (QED) is 0.0903. The summed E-state index contributed by atoms with van der Waals surface area (Å²) in [7, 11) is 0. The summed E-state index contributed by atoms with van der Waals surface area (Å²) in [6.07, 6.45) is 11.6. The number of benzene rings is 1. The first kappa shape index (κ1) is 40.1. The van der Waals surface area contributed by atoms with E-state index in [0.717, 1.165) is 36.7 Å². The van der Waals surface area contributed by atoms with Crippen LogP contribution in [0.25, 0.3) is 0 Å². The Hall–Kier alpha value is -2.90. The van der Waals surface area contributed by atoms with Crippen molar-refractivity contribution in [3.05, 3.63) is 22.3 Å². The Balaban J connectivity index is 2.84. The van der Waals surface area contributed by atoms with Crippen molar-refractivity contribution in [2.75, 3.05) is 0 Å². The summed E-state index contributed by atoms with van der Waals surface area (Å²) in [6.45, 7) is 16.9. The van der Waals surface area contributed by atoms with Gasteiger partial charge in [0.2, 0.25) is 0 Å². The van der Waals surface area contributed by atoms with Crippen molar-refractivity contribution in [2.24, 2.45) is 23.7 Å². The lowest BCUT2D eigenvalue weighted by molar-refractivity contribution is -0.142. The Morgan fingerprint density at radius 3 is 1.33 bits per heavy atom. The predicted octanol–water partition coefficient (Wildman–Crippen LogP) is 9.16. The van der Waals surface area contributed by atoms with Crippen molar-refractivity contribution in [1.82, 2.24) is 0 Å². The molecule has 0 aliphatic heterocycles. The Morgan fingerprint density at radius 1 is 0.533 bits per heavy atom. The number of aliphatic carboxylic acids is 2. The maximum atomic E-state index is 12.6. The van der Waals surface area contributed by atoms with Gasteiger partial charge in [-0.25, -0.2) is 0 Å². The molecule has 0 bridgehead atoms. The van der Waals surface area contributed by atoms with E-state index in [1.54, 1.807) is 13.8 Å². The van der Waals surface area contributed by atoms with Crippen molar-refractivity contribution in [1.29, 1.82) is 0 Å². The molecule has 8 nitrogen and oxygen atoms in total. The summed E-state index contributed by atoms with van der Waals surface area (Å²) in [4.78, 5) is 46.9. The van der Waals surface area contributed by atoms with Gasteiger partial charge in [-0.3, -0.25) is 19.2 Å². The molecule has 0 fully saturated rings. The van der Waals surface area contributed by atoms with Gasteiger partial charge in [0.05, 0.1) is 25.7 Å². The summed E-state index contributed by atoms with van der Waals surface area (Å²) in [5.74, 6) is 0.0687. The molecule has 0 heterocycles. The fraction of sp³-hybridized carbons (Fsp3) is 0.730. The molecule has 1 aromatic carbocycles. The second-order valence-corrected chi connectivity index (χ2v) is 13.8. The van der Waals surface area contributed by atoms with Gasteiger partial charge in [0.25, 0.3) is 0 Å². The van der Waals surface area contributed by atoms with Crippen LogP contribution in [-0.4, -0.2) is 34.1 Å². The average molecular weight is 633 g/mol. The van der Waals surface area contributed by atoms with Crippen molar-refractivity contribution in [3.8, 4) is 11.5 Å². The summed E-state index contributed by atoms with van der Waals surface area (Å²) in [5, 5.41) is 17.9. The van der Waals surface area contributed by atoms with E-state index < -0.39 is 23.9 Å². The average Bonchev–Trinajstić information content (AvgIpc) is 2.95. The highest BCUT2D eigenvalue weighted by atomic mass is 16.5. The molecule has 0 aliphatic carbocycles. The minimum absolute atomic E-state index is 0.246. The van der Waals surface area contributed by atoms with Gasteiger partial charge in [-0.15, -0.1) is 0 Å². The maximum absolute atomic E-state index is 12.6. The molecule has 0 spiro atoms. The van der Waals surface area contributed by atoms with Crippen LogP contribution in [0.2, 0.25) is 0 Å². The number of carbonyl (C=O) groups is 4. The normalized spacial score (nSPS) is 13.4. The van der Waals surface area contributed by atoms with Crippen molar-refractivity contribution in [2.45, 2.75) is 152 Å². The molecule has 0 saturated carbocycles. The molecule has 0 saturated heterocycles. The number of carbonyl (C=O) groups excluding carboxylic acids is 2. The van der Waals surface area contributed by atoms with Crippen LogP contribution in [0.4, 0.5) is 0 Å². The molecule has 0 aliphatic rings. The minimum Gasteiger partial charge on any atom is -0.481 e. The first-order valence-corrected chi connectivity index (χ1v) is 17.1. The smallest absolute Gasteiger partial charge is 0.311 e. The van der Waals surface area contributed by atoms with Crippen LogP contribution in [0.5, 0.6) is 11.5 Å². The largest absolute Gasteiger partial charge is 0.481 e. The van der Waals surface area contributed by atoms with E-state index in [-0.39, 0.29) is 25.7 Å². The van der Waals surface area contributed by atoms with Crippen LogP contribution in [0.15, 0.2) is 0 Å². The van der Waals surface area contributed by atoms with Gasteiger partial charge in [0.15, 0.2) is 0 Å². The monoisotopic (exact) mass is 632 g/mol. The molecule has 2 N–H and O–H groups in total. The van der Waals surface area contributed by atoms with Crippen LogP contribution >= 0.6 is 0 Å². The highest BCUT2D eigenvalue weighted by Crippen LogP contribution is 2.40. The van der Waals surface area contributed by atoms with E-state index >= 15 is 0 Å². The van der Waals surface area contributed by atoms with Crippen LogP contribution in [0.3, 0.4) is 0 Å². The number of hydrogen-bond donors (Lipinski definition) is 2. The summed E-state index contributed by atoms with van der Waals surface area (Å²) >= 11 is 0. The number of carboxylic acid groups (broad SMARTS) is 2. The number of carboxylic acids is 2. The second kappa shape index (κ2) is 21.0. The highest BCUT2D eigenvalue weighted by Gasteiger charge is 2.24. The topological polar surface area (TPSA) is 127 Å². The van der Waals surface area contributed by atoms with Gasteiger partial charge < -0.3 is 19.7 Å². The Labute approximate surface area is 271 Å². The Bertz CT molecular complexity index is 1110. The molecule has 1 rings (SSSR count). The number of rotatable bonds is 23. The molecule has 0 unspecified atom stereocenters. The fourth-order valence-electron chi connectivity index (χ4n) is 5.82. The first-order valence-electron chi connectivity index (χ1n) is 17.1. The van der Waals surface area contributed by atoms with Gasteiger partial charge in [-0.05, 0) is 74.0 Å². The van der Waals surface area contributed by atoms with Gasteiger partial charge in [0.1, 0.15) is 11.5 Å². The zero-order valence-corrected chi connectivity index (χ0v) is 29.3. The van der Waals surface area contributed by atoms with Gasteiger partial charge in [0, 0.05) is 5.56 Å². The number of esters is 2. The Kier molecular flexibility index (Phi) is 18.7. The summed E-state index contributed by atoms with van der Waals surface area (Å²) < 4.78 is 11.4. The fourth-order valence-corrected chi connectivity index (χ4v) is 5.82. The van der Waals surface area contributed by atoms with Gasteiger partial charge in [-0.2, -0.15) is 0 Å². The van der Waals surface area contributed by atoms with Crippen LogP contribution < -0.4 is 9.47 Å². The Morgan fingerprint density at radius 2 is 0.911 bits per heavy atom. The first-order chi connectivity index (χ1) is 21.1. The number of hydrogen-bond acceptors (Lipinski definition) is 6. The van der Waals surface area contributed by atoms with Crippen molar-refractivity contribution in [3.63, 3.8) is 0 Å². The molecule has 0 aromatic heterocycles. The second-order valence-electron chi connectivity index (χ2n) is 13.8. The van der Waals surface area contributed by atoms with E-state index in [1.165, 1.54) is 44.9 Å². The zero-order chi connectivity index (χ0) is 34.1. The SMILES string of the molecule is Cc1c(C)c(OC(=O)CCC(=O)O)c(CC[C@@H](C)CCC[C@H](C)CCC[C@H](C)CCCC(C)C)c(C)c1OC(=O)CCC(=O)O. The van der Waals surface area contributed by atoms with E-state index in [1.807, 2.05) is 6.92 Å². The predicted molar refractivity (Wildman–Crippen MR) is 178 cm³/mol. The molecule has 3 atom stereocenters. The molecule has 0 radical (unpaired) electrons. The van der Waals surface area contributed by atoms with Gasteiger partial charge >= 0.3 is 23.9 Å². The van der Waals surface area contributed by atoms with Crippen molar-refractivity contribution < 1.29 is 38.9 Å². The van der Waals surface area contributed by atoms with Crippen LogP contribution in [0.1, 0.15) is 147 Å². The highest BCUT2D eigenvalue weighted by molar-refractivity contribution is 5.81. The third kappa shape index (κ3) is 16.3. The molecule has 8 heteroatoms. The molecule has 45 heavy (non-hydrogen) atoms. The lowest BCUT2D eigenvalue weighted by Crippen LogP contribution is -2.16. The lowest BCUT2D eigenvalue weighted by Gasteiger charge is -2.22. The molecule has 256 valence electrons. The van der Waals surface area contributed by atoms with Gasteiger partial charge in [-0.1, -0.05) is 92.4 Å². The third-order valence-electron chi connectivity index (χ3n) is 8.98. The molecular formula is C37H60O8. The van der Waals surface area contributed by atoms with E-state index in [9.17, 15) is 19.2 Å². The van der Waals surface area contributed by atoms with Crippen molar-refractivity contribution >= 4 is 23.9 Å². The molecule has 0 amide bonds. The van der Waals surface area contributed by atoms with Crippen LogP contribution in [-0.2, 0) is 25.6 Å². The molecule has 1 aromatic rings. The van der Waals surface area contributed by atoms with E-state index in [4.69, 9.17) is 19.7 Å². The standard InChI is InChI=1S/C37H60O8/c1-24(2)12-9-13-25(3)14-10-15-26(4)16-11-17-27(5)18-19-31-30(8)36(44-34(42)22-20-32(38)39)28(6)29(7)37(31)45-35(43)23-21-33(40)41/h24-27H,9-23H2,1-8H3,(H,38,39)(H,40,41)/t25-,26-,27+/m1/s1. The van der Waals surface area contributed by atoms with E-state index in [2.05, 4.69) is 34.6 Å². The summed E-state index contributed by atoms with van der Waals surface area (Å²) in [5.41, 5.74) is 2.68. The molecular weight excluding hydrogens is 572 g/mol. The summed E-state index contributed by atoms with van der Waals surface area (Å²) in [6, 6.07) is 0. The van der Waals surface area contributed by atoms with Crippen LogP contribution in [0, 0.1) is 44.4 Å². The number of ether oxygens (including phenoxy) is 2. The zero-order valence-electron chi connectivity index (χ0n) is 29.3. The third-order valence-corrected chi connectivity index (χ3v) is 8.98. The lowest BCUT2D eigenvalue weighted by atomic mass is 9.88.